The molecular formula is C17H22BrN5. The van der Waals surface area contributed by atoms with Gasteiger partial charge in [0.05, 0.1) is 0 Å². The summed E-state index contributed by atoms with van der Waals surface area (Å²) in [4.78, 5) is 13.9. The molecule has 0 amide bonds. The molecule has 1 N–H and O–H groups in total. The van der Waals surface area contributed by atoms with Crippen LogP contribution in [-0.2, 0) is 0 Å². The molecule has 1 aliphatic rings. The third kappa shape index (κ3) is 4.00. The SMILES string of the molecule is Cc1cc(Nc2ccc(Br)cc2C)nc(N2CCN(C)CC2)n1. The van der Waals surface area contributed by atoms with E-state index in [1.165, 1.54) is 5.56 Å². The van der Waals surface area contributed by atoms with Crippen molar-refractivity contribution in [2.75, 3.05) is 43.4 Å². The zero-order chi connectivity index (χ0) is 16.4. The van der Waals surface area contributed by atoms with Gasteiger partial charge in [0, 0.05) is 48.1 Å². The van der Waals surface area contributed by atoms with E-state index in [0.29, 0.717) is 0 Å². The summed E-state index contributed by atoms with van der Waals surface area (Å²) in [5.74, 6) is 1.66. The number of hydrogen-bond donors (Lipinski definition) is 1. The van der Waals surface area contributed by atoms with Crippen molar-refractivity contribution in [2.24, 2.45) is 0 Å². The summed E-state index contributed by atoms with van der Waals surface area (Å²) < 4.78 is 1.08. The molecule has 2 heterocycles. The molecule has 0 spiro atoms. The maximum Gasteiger partial charge on any atom is 0.227 e. The lowest BCUT2D eigenvalue weighted by atomic mass is 10.2. The van der Waals surface area contributed by atoms with Crippen LogP contribution < -0.4 is 10.2 Å². The van der Waals surface area contributed by atoms with Crippen LogP contribution in [0.15, 0.2) is 28.7 Å². The zero-order valence-electron chi connectivity index (χ0n) is 13.8. The largest absolute Gasteiger partial charge is 0.340 e. The normalized spacial score (nSPS) is 15.7. The monoisotopic (exact) mass is 375 g/mol. The smallest absolute Gasteiger partial charge is 0.227 e. The molecular weight excluding hydrogens is 354 g/mol. The highest BCUT2D eigenvalue weighted by Gasteiger charge is 2.17. The number of aromatic nitrogens is 2. The number of aryl methyl sites for hydroxylation is 2. The predicted octanol–water partition coefficient (Wildman–Crippen LogP) is 3.35. The van der Waals surface area contributed by atoms with E-state index in [-0.39, 0.29) is 0 Å². The molecule has 6 heteroatoms. The van der Waals surface area contributed by atoms with Crippen LogP contribution in [0, 0.1) is 13.8 Å². The molecule has 1 fully saturated rings. The summed E-state index contributed by atoms with van der Waals surface area (Å²) in [6, 6.07) is 8.18. The fourth-order valence-electron chi connectivity index (χ4n) is 2.67. The van der Waals surface area contributed by atoms with Crippen LogP contribution in [-0.4, -0.2) is 48.1 Å². The van der Waals surface area contributed by atoms with Crippen molar-refractivity contribution in [3.8, 4) is 0 Å². The lowest BCUT2D eigenvalue weighted by Gasteiger charge is -2.32. The number of anilines is 3. The molecule has 1 aliphatic heterocycles. The molecule has 5 nitrogen and oxygen atoms in total. The Labute approximate surface area is 145 Å². The third-order valence-corrected chi connectivity index (χ3v) is 4.57. The summed E-state index contributed by atoms with van der Waals surface area (Å²) in [6.07, 6.45) is 0. The molecule has 23 heavy (non-hydrogen) atoms. The van der Waals surface area contributed by atoms with Gasteiger partial charge < -0.3 is 15.1 Å². The first-order chi connectivity index (χ1) is 11.0. The van der Waals surface area contributed by atoms with Gasteiger partial charge in [-0.25, -0.2) is 4.98 Å². The third-order valence-electron chi connectivity index (χ3n) is 4.08. The van der Waals surface area contributed by atoms with Crippen molar-refractivity contribution in [1.29, 1.82) is 0 Å². The van der Waals surface area contributed by atoms with Crippen LogP contribution in [0.5, 0.6) is 0 Å². The molecule has 1 saturated heterocycles. The van der Waals surface area contributed by atoms with Gasteiger partial charge in [-0.15, -0.1) is 0 Å². The van der Waals surface area contributed by atoms with Crippen LogP contribution in [0.3, 0.4) is 0 Å². The van der Waals surface area contributed by atoms with Crippen molar-refractivity contribution in [1.82, 2.24) is 14.9 Å². The van der Waals surface area contributed by atoms with E-state index in [2.05, 4.69) is 62.1 Å². The van der Waals surface area contributed by atoms with Crippen molar-refractivity contribution >= 4 is 33.4 Å². The Morgan fingerprint density at radius 1 is 1.04 bits per heavy atom. The molecule has 122 valence electrons. The zero-order valence-corrected chi connectivity index (χ0v) is 15.4. The molecule has 1 aromatic carbocycles. The summed E-state index contributed by atoms with van der Waals surface area (Å²) in [6.45, 7) is 8.13. The summed E-state index contributed by atoms with van der Waals surface area (Å²) in [5.41, 5.74) is 3.22. The highest BCUT2D eigenvalue weighted by molar-refractivity contribution is 9.10. The van der Waals surface area contributed by atoms with E-state index in [9.17, 15) is 0 Å². The van der Waals surface area contributed by atoms with Gasteiger partial charge in [-0.05, 0) is 44.7 Å². The average Bonchev–Trinajstić information content (AvgIpc) is 2.50. The molecule has 0 unspecified atom stereocenters. The number of benzene rings is 1. The van der Waals surface area contributed by atoms with Crippen LogP contribution in [0.2, 0.25) is 0 Å². The van der Waals surface area contributed by atoms with Crippen LogP contribution in [0.25, 0.3) is 0 Å². The standard InChI is InChI=1S/C17H22BrN5/c1-12-10-14(18)4-5-15(12)20-16-11-13(2)19-17(21-16)23-8-6-22(3)7-9-23/h4-5,10-11H,6-9H2,1-3H3,(H,19,20,21). The maximum atomic E-state index is 4.71. The van der Waals surface area contributed by atoms with Gasteiger partial charge in [0.15, 0.2) is 0 Å². The minimum atomic E-state index is 0.815. The lowest BCUT2D eigenvalue weighted by molar-refractivity contribution is 0.311. The first kappa shape index (κ1) is 16.2. The van der Waals surface area contributed by atoms with E-state index in [1.807, 2.05) is 19.1 Å². The molecule has 0 radical (unpaired) electrons. The second kappa shape index (κ2) is 6.84. The van der Waals surface area contributed by atoms with E-state index in [4.69, 9.17) is 4.98 Å². The van der Waals surface area contributed by atoms with Gasteiger partial charge in [0.25, 0.3) is 0 Å². The van der Waals surface area contributed by atoms with Crippen LogP contribution in [0.1, 0.15) is 11.3 Å². The van der Waals surface area contributed by atoms with Crippen molar-refractivity contribution < 1.29 is 0 Å². The van der Waals surface area contributed by atoms with E-state index in [1.54, 1.807) is 0 Å². The van der Waals surface area contributed by atoms with Gasteiger partial charge in [0.1, 0.15) is 5.82 Å². The molecule has 0 atom stereocenters. The quantitative estimate of drug-likeness (QED) is 0.890. The Hall–Kier alpha value is -1.66. The Morgan fingerprint density at radius 2 is 1.78 bits per heavy atom. The Bertz CT molecular complexity index is 695. The van der Waals surface area contributed by atoms with Crippen LogP contribution in [0.4, 0.5) is 17.5 Å². The van der Waals surface area contributed by atoms with Crippen molar-refractivity contribution in [3.63, 3.8) is 0 Å². The first-order valence-electron chi connectivity index (χ1n) is 7.83. The Morgan fingerprint density at radius 3 is 2.48 bits per heavy atom. The second-order valence-corrected chi connectivity index (χ2v) is 6.98. The van der Waals surface area contributed by atoms with Gasteiger partial charge in [-0.1, -0.05) is 15.9 Å². The molecule has 1 aromatic heterocycles. The highest BCUT2D eigenvalue weighted by Crippen LogP contribution is 2.24. The first-order valence-corrected chi connectivity index (χ1v) is 8.63. The van der Waals surface area contributed by atoms with Crippen molar-refractivity contribution in [2.45, 2.75) is 13.8 Å². The minimum absolute atomic E-state index is 0.815. The van der Waals surface area contributed by atoms with Gasteiger partial charge in [0.2, 0.25) is 5.95 Å². The van der Waals surface area contributed by atoms with E-state index >= 15 is 0 Å². The number of nitrogens with zero attached hydrogens (tertiary/aromatic N) is 4. The summed E-state index contributed by atoms with van der Waals surface area (Å²) >= 11 is 3.50. The predicted molar refractivity (Wildman–Crippen MR) is 98.6 cm³/mol. The van der Waals surface area contributed by atoms with E-state index in [0.717, 1.165) is 53.8 Å². The molecule has 0 bridgehead atoms. The topological polar surface area (TPSA) is 44.3 Å². The molecule has 0 saturated carbocycles. The average molecular weight is 376 g/mol. The highest BCUT2D eigenvalue weighted by atomic mass is 79.9. The minimum Gasteiger partial charge on any atom is -0.340 e. The van der Waals surface area contributed by atoms with Crippen LogP contribution >= 0.6 is 15.9 Å². The molecule has 2 aromatic rings. The molecule has 0 aliphatic carbocycles. The second-order valence-electron chi connectivity index (χ2n) is 6.07. The van der Waals surface area contributed by atoms with Gasteiger partial charge in [-0.2, -0.15) is 4.98 Å². The number of nitrogens with one attached hydrogen (secondary N) is 1. The number of piperazine rings is 1. The summed E-state index contributed by atoms with van der Waals surface area (Å²) in [5, 5.41) is 3.42. The molecule has 3 rings (SSSR count). The number of hydrogen-bond acceptors (Lipinski definition) is 5. The van der Waals surface area contributed by atoms with Gasteiger partial charge in [-0.3, -0.25) is 0 Å². The van der Waals surface area contributed by atoms with Gasteiger partial charge >= 0.3 is 0 Å². The number of rotatable bonds is 3. The maximum absolute atomic E-state index is 4.71. The fraction of sp³-hybridized carbons (Fsp3) is 0.412. The number of halogens is 1. The lowest BCUT2D eigenvalue weighted by Crippen LogP contribution is -2.45. The van der Waals surface area contributed by atoms with Crippen molar-refractivity contribution in [3.05, 3.63) is 40.0 Å². The van der Waals surface area contributed by atoms with E-state index < -0.39 is 0 Å². The number of likely N-dealkylation sites (N-methyl/N-ethyl adjacent to an activating group) is 1. The fourth-order valence-corrected chi connectivity index (χ4v) is 3.15. The Kier molecular flexibility index (Phi) is 4.82. The Balaban J connectivity index is 1.82. The summed E-state index contributed by atoms with van der Waals surface area (Å²) in [7, 11) is 2.15.